The fourth-order valence-corrected chi connectivity index (χ4v) is 1.54. The second-order valence-corrected chi connectivity index (χ2v) is 3.78. The zero-order chi connectivity index (χ0) is 10.1. The number of carbonyl (C=O) groups excluding carboxylic acids is 2. The molecule has 0 atom stereocenters. The molecule has 1 aromatic carbocycles. The molecule has 1 aliphatic heterocycles. The second kappa shape index (κ2) is 3.42. The van der Waals surface area contributed by atoms with E-state index in [1.54, 1.807) is 24.3 Å². The van der Waals surface area contributed by atoms with Crippen molar-refractivity contribution in [3.8, 4) is 0 Å². The molecule has 2 rings (SSSR count). The van der Waals surface area contributed by atoms with Crippen molar-refractivity contribution in [3.63, 3.8) is 0 Å². The lowest BCUT2D eigenvalue weighted by Crippen LogP contribution is -2.30. The van der Waals surface area contributed by atoms with E-state index in [4.69, 9.17) is 0 Å². The van der Waals surface area contributed by atoms with Crippen LogP contribution in [-0.4, -0.2) is 18.5 Å². The third-order valence-corrected chi connectivity index (χ3v) is 2.46. The van der Waals surface area contributed by atoms with Crippen molar-refractivity contribution in [3.05, 3.63) is 28.7 Å². The van der Waals surface area contributed by atoms with Gasteiger partial charge in [0.25, 0.3) is 5.91 Å². The molecule has 0 bridgehead atoms. The predicted octanol–water partition coefficient (Wildman–Crippen LogP) is 1.51. The zero-order valence-electron chi connectivity index (χ0n) is 7.16. The molecule has 1 heterocycles. The summed E-state index contributed by atoms with van der Waals surface area (Å²) in [5, 5.41) is 2.46. The van der Waals surface area contributed by atoms with Crippen molar-refractivity contribution >= 4 is 33.6 Å². The molecule has 5 heteroatoms. The molecule has 3 amide bonds. The summed E-state index contributed by atoms with van der Waals surface area (Å²) in [4.78, 5) is 23.7. The summed E-state index contributed by atoms with van der Waals surface area (Å²) in [6, 6.07) is 6.64. The quantitative estimate of drug-likeness (QED) is 0.773. The average molecular weight is 255 g/mol. The maximum absolute atomic E-state index is 11.3. The molecule has 72 valence electrons. The molecule has 14 heavy (non-hydrogen) atoms. The van der Waals surface area contributed by atoms with Crippen LogP contribution in [0.2, 0.25) is 0 Å². The van der Waals surface area contributed by atoms with E-state index in [0.717, 1.165) is 9.37 Å². The number of urea groups is 1. The van der Waals surface area contributed by atoms with Crippen LogP contribution >= 0.6 is 15.9 Å². The molecule has 0 saturated carbocycles. The van der Waals surface area contributed by atoms with Gasteiger partial charge in [0.15, 0.2) is 0 Å². The molecule has 1 aliphatic rings. The third kappa shape index (κ3) is 1.50. The number of benzene rings is 1. The summed E-state index contributed by atoms with van der Waals surface area (Å²) in [5.74, 6) is -0.225. The largest absolute Gasteiger partial charge is 0.329 e. The van der Waals surface area contributed by atoms with Crippen molar-refractivity contribution in [1.29, 1.82) is 0 Å². The van der Waals surface area contributed by atoms with Gasteiger partial charge < -0.3 is 5.32 Å². The van der Waals surface area contributed by atoms with E-state index in [9.17, 15) is 9.59 Å². The third-order valence-electron chi connectivity index (χ3n) is 1.93. The number of hydrogen-bond donors (Lipinski definition) is 1. The summed E-state index contributed by atoms with van der Waals surface area (Å²) >= 11 is 3.28. The molecule has 0 radical (unpaired) electrons. The van der Waals surface area contributed by atoms with Gasteiger partial charge in [-0.05, 0) is 24.3 Å². The van der Waals surface area contributed by atoms with Gasteiger partial charge in [0.2, 0.25) is 0 Å². The van der Waals surface area contributed by atoms with Gasteiger partial charge in [-0.2, -0.15) is 0 Å². The molecular formula is C9H7BrN2O2. The molecule has 1 fully saturated rings. The molecular weight excluding hydrogens is 248 g/mol. The van der Waals surface area contributed by atoms with Crippen molar-refractivity contribution in [2.45, 2.75) is 0 Å². The van der Waals surface area contributed by atoms with E-state index in [2.05, 4.69) is 21.2 Å². The van der Waals surface area contributed by atoms with Gasteiger partial charge in [0.05, 0.1) is 12.2 Å². The lowest BCUT2D eigenvalue weighted by molar-refractivity contribution is -0.115. The van der Waals surface area contributed by atoms with Crippen LogP contribution < -0.4 is 10.2 Å². The van der Waals surface area contributed by atoms with Crippen LogP contribution in [0.3, 0.4) is 0 Å². The van der Waals surface area contributed by atoms with Gasteiger partial charge in [-0.3, -0.25) is 4.79 Å². The molecule has 0 aromatic heterocycles. The SMILES string of the molecule is O=C1CNC(=O)N1c1ccc(Br)cc1. The molecule has 0 aliphatic carbocycles. The highest BCUT2D eigenvalue weighted by molar-refractivity contribution is 9.10. The minimum Gasteiger partial charge on any atom is -0.328 e. The second-order valence-electron chi connectivity index (χ2n) is 2.86. The first-order valence-corrected chi connectivity index (χ1v) is 4.84. The van der Waals surface area contributed by atoms with E-state index in [-0.39, 0.29) is 18.5 Å². The van der Waals surface area contributed by atoms with Crippen molar-refractivity contribution in [2.75, 3.05) is 11.4 Å². The first kappa shape index (κ1) is 9.21. The Kier molecular flexibility index (Phi) is 2.25. The molecule has 1 saturated heterocycles. The lowest BCUT2D eigenvalue weighted by atomic mass is 10.3. The fraction of sp³-hybridized carbons (Fsp3) is 0.111. The average Bonchev–Trinajstić information content (AvgIpc) is 2.49. The standard InChI is InChI=1S/C9H7BrN2O2/c10-6-1-3-7(4-2-6)12-8(13)5-11-9(12)14/h1-4H,5H2,(H,11,14). The number of anilines is 1. The van der Waals surface area contributed by atoms with Gasteiger partial charge >= 0.3 is 6.03 Å². The lowest BCUT2D eigenvalue weighted by Gasteiger charge is -2.11. The maximum atomic E-state index is 11.3. The monoisotopic (exact) mass is 254 g/mol. The van der Waals surface area contributed by atoms with Crippen LogP contribution in [0, 0.1) is 0 Å². The number of amides is 3. The number of imide groups is 1. The number of halogens is 1. The fourth-order valence-electron chi connectivity index (χ4n) is 1.27. The van der Waals surface area contributed by atoms with Gasteiger partial charge in [0.1, 0.15) is 0 Å². The number of nitrogens with one attached hydrogen (secondary N) is 1. The van der Waals surface area contributed by atoms with Crippen molar-refractivity contribution in [2.24, 2.45) is 0 Å². The Morgan fingerprint density at radius 2 is 1.86 bits per heavy atom. The van der Waals surface area contributed by atoms with Gasteiger partial charge in [0, 0.05) is 4.47 Å². The van der Waals surface area contributed by atoms with Crippen LogP contribution in [0.15, 0.2) is 28.7 Å². The highest BCUT2D eigenvalue weighted by Crippen LogP contribution is 2.20. The maximum Gasteiger partial charge on any atom is 0.329 e. The smallest absolute Gasteiger partial charge is 0.328 e. The Bertz CT molecular complexity index is 372. The Balaban J connectivity index is 2.34. The van der Waals surface area contributed by atoms with E-state index < -0.39 is 0 Å². The summed E-state index contributed by atoms with van der Waals surface area (Å²) in [5.41, 5.74) is 0.591. The Labute approximate surface area is 89.0 Å². The van der Waals surface area contributed by atoms with Gasteiger partial charge in [-0.15, -0.1) is 0 Å². The highest BCUT2D eigenvalue weighted by atomic mass is 79.9. The number of hydrogen-bond acceptors (Lipinski definition) is 2. The Morgan fingerprint density at radius 1 is 1.21 bits per heavy atom. The van der Waals surface area contributed by atoms with Gasteiger partial charge in [-0.25, -0.2) is 9.69 Å². The van der Waals surface area contributed by atoms with E-state index in [0.29, 0.717) is 5.69 Å². The Hall–Kier alpha value is -1.36. The first-order valence-electron chi connectivity index (χ1n) is 4.05. The minimum atomic E-state index is -0.364. The molecule has 1 aromatic rings. The van der Waals surface area contributed by atoms with E-state index >= 15 is 0 Å². The van der Waals surface area contributed by atoms with Crippen LogP contribution in [0.4, 0.5) is 10.5 Å². The van der Waals surface area contributed by atoms with Gasteiger partial charge in [-0.1, -0.05) is 15.9 Å². The number of rotatable bonds is 1. The van der Waals surface area contributed by atoms with Crippen LogP contribution in [0.5, 0.6) is 0 Å². The normalized spacial score (nSPS) is 15.9. The Morgan fingerprint density at radius 3 is 2.36 bits per heavy atom. The summed E-state index contributed by atoms with van der Waals surface area (Å²) in [6.07, 6.45) is 0. The summed E-state index contributed by atoms with van der Waals surface area (Å²) < 4.78 is 0.910. The minimum absolute atomic E-state index is 0.0783. The molecule has 1 N–H and O–H groups in total. The summed E-state index contributed by atoms with van der Waals surface area (Å²) in [6.45, 7) is 0.0783. The van der Waals surface area contributed by atoms with Crippen LogP contribution in [0.25, 0.3) is 0 Å². The van der Waals surface area contributed by atoms with E-state index in [1.807, 2.05) is 0 Å². The van der Waals surface area contributed by atoms with Crippen molar-refractivity contribution < 1.29 is 9.59 Å². The zero-order valence-corrected chi connectivity index (χ0v) is 8.74. The topological polar surface area (TPSA) is 49.4 Å². The number of nitrogens with zero attached hydrogens (tertiary/aromatic N) is 1. The van der Waals surface area contributed by atoms with Crippen molar-refractivity contribution in [1.82, 2.24) is 5.32 Å². The number of carbonyl (C=O) groups is 2. The highest BCUT2D eigenvalue weighted by Gasteiger charge is 2.29. The summed E-state index contributed by atoms with van der Waals surface area (Å²) in [7, 11) is 0. The first-order chi connectivity index (χ1) is 6.68. The molecule has 0 spiro atoms. The predicted molar refractivity (Wildman–Crippen MR) is 55.0 cm³/mol. The molecule has 4 nitrogen and oxygen atoms in total. The van der Waals surface area contributed by atoms with E-state index in [1.165, 1.54) is 0 Å². The van der Waals surface area contributed by atoms with Crippen LogP contribution in [0.1, 0.15) is 0 Å². The molecule has 0 unspecified atom stereocenters. The van der Waals surface area contributed by atoms with Crippen LogP contribution in [-0.2, 0) is 4.79 Å².